The van der Waals surface area contributed by atoms with Crippen molar-refractivity contribution in [3.05, 3.63) is 29.3 Å². The molecule has 0 atom stereocenters. The van der Waals surface area contributed by atoms with Crippen LogP contribution in [0.3, 0.4) is 0 Å². The van der Waals surface area contributed by atoms with Crippen molar-refractivity contribution in [2.75, 3.05) is 6.61 Å². The average Bonchev–Trinajstić information content (AvgIpc) is 3.09. The van der Waals surface area contributed by atoms with Gasteiger partial charge >= 0.3 is 0 Å². The maximum atomic E-state index is 10.4. The molecule has 0 radical (unpaired) electrons. The van der Waals surface area contributed by atoms with E-state index in [1.165, 1.54) is 18.4 Å². The van der Waals surface area contributed by atoms with Gasteiger partial charge in [0.2, 0.25) is 0 Å². The van der Waals surface area contributed by atoms with Gasteiger partial charge in [0.1, 0.15) is 12.0 Å². The van der Waals surface area contributed by atoms with Crippen LogP contribution in [0.15, 0.2) is 18.2 Å². The number of aldehydes is 1. The molecule has 1 fully saturated rings. The van der Waals surface area contributed by atoms with Gasteiger partial charge in [-0.1, -0.05) is 17.7 Å². The molecule has 1 aromatic carbocycles. The monoisotopic (exact) mass is 218 g/mol. The highest BCUT2D eigenvalue weighted by molar-refractivity contribution is 5.51. The lowest BCUT2D eigenvalue weighted by Gasteiger charge is -2.11. The molecule has 2 rings (SSSR count). The molecule has 2 heteroatoms. The summed E-state index contributed by atoms with van der Waals surface area (Å²) in [4.78, 5) is 10.4. The third-order valence-electron chi connectivity index (χ3n) is 2.92. The first-order valence-corrected chi connectivity index (χ1v) is 5.95. The van der Waals surface area contributed by atoms with E-state index in [0.717, 1.165) is 36.5 Å². The Morgan fingerprint density at radius 3 is 2.94 bits per heavy atom. The first kappa shape index (κ1) is 11.2. The summed E-state index contributed by atoms with van der Waals surface area (Å²) in [6.45, 7) is 2.90. The number of benzene rings is 1. The Labute approximate surface area is 96.6 Å². The van der Waals surface area contributed by atoms with E-state index in [2.05, 4.69) is 19.1 Å². The summed E-state index contributed by atoms with van der Waals surface area (Å²) in [5.74, 6) is 1.72. The second kappa shape index (κ2) is 5.15. The van der Waals surface area contributed by atoms with Gasteiger partial charge in [0, 0.05) is 6.42 Å². The molecule has 0 spiro atoms. The molecule has 0 unspecified atom stereocenters. The van der Waals surface area contributed by atoms with Crippen LogP contribution in [0.1, 0.15) is 30.4 Å². The first-order valence-electron chi connectivity index (χ1n) is 5.95. The summed E-state index contributed by atoms with van der Waals surface area (Å²) < 4.78 is 5.80. The number of hydrogen-bond acceptors (Lipinski definition) is 2. The van der Waals surface area contributed by atoms with Crippen molar-refractivity contribution in [3.8, 4) is 5.75 Å². The molecular weight excluding hydrogens is 200 g/mol. The fraction of sp³-hybridized carbons (Fsp3) is 0.500. The smallest absolute Gasteiger partial charge is 0.122 e. The normalized spacial score (nSPS) is 14.8. The standard InChI is InChI=1S/C14H18O2/c1-11-4-7-14(16-10-12-5-6-12)13(9-11)3-2-8-15/h4,7-9,12H,2-3,5-6,10H2,1H3. The number of hydrogen-bond donors (Lipinski definition) is 0. The predicted octanol–water partition coefficient (Wildman–Crippen LogP) is 2.92. The quantitative estimate of drug-likeness (QED) is 0.686. The van der Waals surface area contributed by atoms with Gasteiger partial charge in [0.25, 0.3) is 0 Å². The van der Waals surface area contributed by atoms with Crippen LogP contribution in [-0.2, 0) is 11.2 Å². The van der Waals surface area contributed by atoms with Gasteiger partial charge in [-0.15, -0.1) is 0 Å². The molecular formula is C14H18O2. The average molecular weight is 218 g/mol. The van der Waals surface area contributed by atoms with E-state index in [1.54, 1.807) is 0 Å². The molecule has 0 saturated heterocycles. The summed E-state index contributed by atoms with van der Waals surface area (Å²) in [5.41, 5.74) is 2.38. The Hall–Kier alpha value is -1.31. The number of aryl methyl sites for hydroxylation is 2. The van der Waals surface area contributed by atoms with E-state index in [-0.39, 0.29) is 0 Å². The van der Waals surface area contributed by atoms with E-state index in [1.807, 2.05) is 6.07 Å². The van der Waals surface area contributed by atoms with E-state index in [0.29, 0.717) is 6.42 Å². The minimum Gasteiger partial charge on any atom is -0.493 e. The minimum absolute atomic E-state index is 0.573. The van der Waals surface area contributed by atoms with Crippen LogP contribution in [0.25, 0.3) is 0 Å². The molecule has 1 aliphatic carbocycles. The summed E-state index contributed by atoms with van der Waals surface area (Å²) >= 11 is 0. The van der Waals surface area contributed by atoms with E-state index < -0.39 is 0 Å². The maximum absolute atomic E-state index is 10.4. The van der Waals surface area contributed by atoms with E-state index >= 15 is 0 Å². The third kappa shape index (κ3) is 3.09. The second-order valence-electron chi connectivity index (χ2n) is 4.57. The molecule has 1 aliphatic rings. The van der Waals surface area contributed by atoms with Crippen molar-refractivity contribution < 1.29 is 9.53 Å². The molecule has 0 N–H and O–H groups in total. The molecule has 0 bridgehead atoms. The predicted molar refractivity (Wildman–Crippen MR) is 63.8 cm³/mol. The Balaban J connectivity index is 2.03. The molecule has 0 amide bonds. The van der Waals surface area contributed by atoms with Crippen LogP contribution >= 0.6 is 0 Å². The lowest BCUT2D eigenvalue weighted by atomic mass is 10.1. The lowest BCUT2D eigenvalue weighted by molar-refractivity contribution is -0.107. The molecule has 0 aromatic heterocycles. The summed E-state index contributed by atoms with van der Waals surface area (Å²) in [6.07, 6.45) is 4.92. The van der Waals surface area contributed by atoms with Crippen molar-refractivity contribution in [2.45, 2.75) is 32.6 Å². The van der Waals surface area contributed by atoms with Crippen LogP contribution < -0.4 is 4.74 Å². The largest absolute Gasteiger partial charge is 0.493 e. The van der Waals surface area contributed by atoms with Crippen molar-refractivity contribution >= 4 is 6.29 Å². The van der Waals surface area contributed by atoms with E-state index in [9.17, 15) is 4.79 Å². The zero-order valence-corrected chi connectivity index (χ0v) is 9.74. The van der Waals surface area contributed by atoms with Gasteiger partial charge in [-0.2, -0.15) is 0 Å². The Bertz CT molecular complexity index is 367. The van der Waals surface area contributed by atoms with Gasteiger partial charge in [-0.05, 0) is 43.7 Å². The van der Waals surface area contributed by atoms with Crippen molar-refractivity contribution in [2.24, 2.45) is 5.92 Å². The van der Waals surface area contributed by atoms with Crippen LogP contribution in [0.5, 0.6) is 5.75 Å². The molecule has 1 aromatic rings. The number of carbonyl (C=O) groups is 1. The van der Waals surface area contributed by atoms with Gasteiger partial charge in [0.05, 0.1) is 6.61 Å². The van der Waals surface area contributed by atoms with Gasteiger partial charge in [0.15, 0.2) is 0 Å². The molecule has 2 nitrogen and oxygen atoms in total. The van der Waals surface area contributed by atoms with Crippen molar-refractivity contribution in [1.29, 1.82) is 0 Å². The number of ether oxygens (including phenoxy) is 1. The highest BCUT2D eigenvalue weighted by Gasteiger charge is 2.22. The van der Waals surface area contributed by atoms with Crippen LogP contribution in [-0.4, -0.2) is 12.9 Å². The van der Waals surface area contributed by atoms with Crippen molar-refractivity contribution in [3.63, 3.8) is 0 Å². The van der Waals surface area contributed by atoms with Gasteiger partial charge < -0.3 is 9.53 Å². The van der Waals surface area contributed by atoms with Gasteiger partial charge in [-0.25, -0.2) is 0 Å². The topological polar surface area (TPSA) is 26.3 Å². The lowest BCUT2D eigenvalue weighted by Crippen LogP contribution is -2.02. The fourth-order valence-corrected chi connectivity index (χ4v) is 1.75. The van der Waals surface area contributed by atoms with Crippen molar-refractivity contribution in [1.82, 2.24) is 0 Å². The Morgan fingerprint density at radius 1 is 1.44 bits per heavy atom. The van der Waals surface area contributed by atoms with Crippen LogP contribution in [0.4, 0.5) is 0 Å². The molecule has 0 aliphatic heterocycles. The zero-order chi connectivity index (χ0) is 11.4. The molecule has 1 saturated carbocycles. The first-order chi connectivity index (χ1) is 7.79. The zero-order valence-electron chi connectivity index (χ0n) is 9.74. The van der Waals surface area contributed by atoms with Gasteiger partial charge in [-0.3, -0.25) is 0 Å². The highest BCUT2D eigenvalue weighted by atomic mass is 16.5. The minimum atomic E-state index is 0.573. The highest BCUT2D eigenvalue weighted by Crippen LogP contribution is 2.30. The van der Waals surface area contributed by atoms with Crippen LogP contribution in [0.2, 0.25) is 0 Å². The number of rotatable bonds is 6. The summed E-state index contributed by atoms with van der Waals surface area (Å²) in [6, 6.07) is 6.20. The van der Waals surface area contributed by atoms with E-state index in [4.69, 9.17) is 4.74 Å². The molecule has 16 heavy (non-hydrogen) atoms. The molecule has 0 heterocycles. The Kier molecular flexibility index (Phi) is 3.60. The summed E-state index contributed by atoms with van der Waals surface area (Å²) in [5, 5.41) is 0. The number of carbonyl (C=O) groups excluding carboxylic acids is 1. The third-order valence-corrected chi connectivity index (χ3v) is 2.92. The van der Waals surface area contributed by atoms with Crippen LogP contribution in [0, 0.1) is 12.8 Å². The maximum Gasteiger partial charge on any atom is 0.122 e. The second-order valence-corrected chi connectivity index (χ2v) is 4.57. The summed E-state index contributed by atoms with van der Waals surface area (Å²) in [7, 11) is 0. The Morgan fingerprint density at radius 2 is 2.25 bits per heavy atom. The SMILES string of the molecule is Cc1ccc(OCC2CC2)c(CCC=O)c1. The fourth-order valence-electron chi connectivity index (χ4n) is 1.75. The molecule has 86 valence electrons.